The minimum absolute atomic E-state index is 0.00889. The van der Waals surface area contributed by atoms with Crippen LogP contribution in [0.1, 0.15) is 43.2 Å². The van der Waals surface area contributed by atoms with Gasteiger partial charge in [-0.3, -0.25) is 19.7 Å². The molecular weight excluding hydrogens is 368 g/mol. The first kappa shape index (κ1) is 18.6. The maximum absolute atomic E-state index is 12.7. The Morgan fingerprint density at radius 2 is 1.55 bits per heavy atom. The summed E-state index contributed by atoms with van der Waals surface area (Å²) >= 11 is 0. The summed E-state index contributed by atoms with van der Waals surface area (Å²) in [4.78, 5) is 36.1. The third-order valence-corrected chi connectivity index (χ3v) is 5.32. The van der Waals surface area contributed by atoms with Gasteiger partial charge in [-0.15, -0.1) is 0 Å². The summed E-state index contributed by atoms with van der Waals surface area (Å²) in [6.07, 6.45) is 1.62. The van der Waals surface area contributed by atoms with Crippen LogP contribution in [0.15, 0.2) is 54.1 Å². The minimum atomic E-state index is -0.424. The number of nitro groups is 1. The molecule has 0 saturated heterocycles. The highest BCUT2D eigenvalue weighted by atomic mass is 16.6. The van der Waals surface area contributed by atoms with Gasteiger partial charge in [0.1, 0.15) is 0 Å². The number of rotatable bonds is 3. The molecule has 0 unspecified atom stereocenters. The van der Waals surface area contributed by atoms with E-state index in [1.807, 2.05) is 31.4 Å². The average molecular weight is 386 g/mol. The summed E-state index contributed by atoms with van der Waals surface area (Å²) in [5.74, 6) is -0.552. The second kappa shape index (κ2) is 6.67. The molecule has 0 fully saturated rings. The van der Waals surface area contributed by atoms with Gasteiger partial charge in [-0.05, 0) is 44.0 Å². The van der Waals surface area contributed by atoms with Gasteiger partial charge in [-0.1, -0.05) is 30.3 Å². The van der Waals surface area contributed by atoms with Gasteiger partial charge in [-0.25, -0.2) is 0 Å². The molecule has 0 saturated carbocycles. The number of aryl methyl sites for hydroxylation is 2. The zero-order chi connectivity index (χ0) is 20.9. The van der Waals surface area contributed by atoms with E-state index < -0.39 is 4.92 Å². The molecule has 4 rings (SSSR count). The number of carbonyl (C=O) groups excluding carboxylic acids is 2. The third kappa shape index (κ3) is 2.89. The number of carbonyl (C=O) groups is 2. The highest BCUT2D eigenvalue weighted by Gasteiger charge is 2.32. The van der Waals surface area contributed by atoms with Crippen LogP contribution >= 0.6 is 0 Å². The van der Waals surface area contributed by atoms with E-state index in [2.05, 4.69) is 0 Å². The molecule has 1 aliphatic carbocycles. The SMILES string of the molecule is Cc1ccc([N+](=O)[O-])cc1-n1c(C)cc(C=C2C(=O)c3ccccc3C2=O)c1C. The van der Waals surface area contributed by atoms with Gasteiger partial charge in [0.05, 0.1) is 16.2 Å². The fourth-order valence-electron chi connectivity index (χ4n) is 3.82. The summed E-state index contributed by atoms with van der Waals surface area (Å²) in [5, 5.41) is 11.2. The number of hydrogen-bond donors (Lipinski definition) is 0. The van der Waals surface area contributed by atoms with E-state index in [1.54, 1.807) is 36.4 Å². The molecule has 0 atom stereocenters. The summed E-state index contributed by atoms with van der Waals surface area (Å²) in [5.41, 5.74) is 4.97. The number of nitrogens with zero attached hydrogens (tertiary/aromatic N) is 2. The van der Waals surface area contributed by atoms with Crippen LogP contribution in [-0.2, 0) is 0 Å². The molecule has 6 nitrogen and oxygen atoms in total. The van der Waals surface area contributed by atoms with E-state index in [0.717, 1.165) is 22.5 Å². The monoisotopic (exact) mass is 386 g/mol. The van der Waals surface area contributed by atoms with Gasteiger partial charge < -0.3 is 4.57 Å². The zero-order valence-corrected chi connectivity index (χ0v) is 16.2. The van der Waals surface area contributed by atoms with Crippen molar-refractivity contribution in [3.8, 4) is 5.69 Å². The van der Waals surface area contributed by atoms with Gasteiger partial charge in [0.2, 0.25) is 0 Å². The first-order chi connectivity index (χ1) is 13.8. The molecule has 0 amide bonds. The van der Waals surface area contributed by atoms with Crippen LogP contribution in [-0.4, -0.2) is 21.1 Å². The maximum atomic E-state index is 12.7. The predicted octanol–water partition coefficient (Wildman–Crippen LogP) is 4.77. The minimum Gasteiger partial charge on any atom is -0.317 e. The highest BCUT2D eigenvalue weighted by molar-refractivity contribution is 6.41. The molecule has 0 N–H and O–H groups in total. The Morgan fingerprint density at radius 3 is 2.14 bits per heavy atom. The maximum Gasteiger partial charge on any atom is 0.271 e. The molecular formula is C23H18N2O4. The molecule has 3 aromatic rings. The van der Waals surface area contributed by atoms with Crippen LogP contribution in [0.4, 0.5) is 5.69 Å². The van der Waals surface area contributed by atoms with Gasteiger partial charge in [0, 0.05) is 34.6 Å². The van der Waals surface area contributed by atoms with E-state index in [-0.39, 0.29) is 22.8 Å². The number of nitro benzene ring substituents is 1. The molecule has 1 heterocycles. The molecule has 0 spiro atoms. The zero-order valence-electron chi connectivity index (χ0n) is 16.2. The van der Waals surface area contributed by atoms with Crippen molar-refractivity contribution in [3.63, 3.8) is 0 Å². The van der Waals surface area contributed by atoms with Crippen molar-refractivity contribution in [1.29, 1.82) is 0 Å². The van der Waals surface area contributed by atoms with Gasteiger partial charge in [0.25, 0.3) is 5.69 Å². The van der Waals surface area contributed by atoms with Crippen molar-refractivity contribution in [3.05, 3.63) is 97.9 Å². The number of allylic oxidation sites excluding steroid dienone is 1. The Bertz CT molecular complexity index is 1210. The fourth-order valence-corrected chi connectivity index (χ4v) is 3.82. The lowest BCUT2D eigenvalue weighted by Crippen LogP contribution is -2.03. The smallest absolute Gasteiger partial charge is 0.271 e. The third-order valence-electron chi connectivity index (χ3n) is 5.32. The Balaban J connectivity index is 1.84. The Hall–Kier alpha value is -3.80. The fraction of sp³-hybridized carbons (Fsp3) is 0.130. The average Bonchev–Trinajstić information content (AvgIpc) is 3.10. The normalized spacial score (nSPS) is 13.0. The first-order valence-corrected chi connectivity index (χ1v) is 9.14. The molecule has 29 heavy (non-hydrogen) atoms. The van der Waals surface area contributed by atoms with Crippen molar-refractivity contribution in [2.24, 2.45) is 0 Å². The Labute approximate surface area is 167 Å². The number of ketones is 2. The van der Waals surface area contributed by atoms with E-state index >= 15 is 0 Å². The number of benzene rings is 2. The van der Waals surface area contributed by atoms with Crippen LogP contribution < -0.4 is 0 Å². The second-order valence-electron chi connectivity index (χ2n) is 7.15. The number of Topliss-reactive ketones (excluding diaryl/α,β-unsaturated/α-hetero) is 2. The Morgan fingerprint density at radius 1 is 0.931 bits per heavy atom. The summed E-state index contributed by atoms with van der Waals surface area (Å²) < 4.78 is 1.91. The molecule has 1 aromatic heterocycles. The van der Waals surface area contributed by atoms with Crippen LogP contribution in [0.3, 0.4) is 0 Å². The van der Waals surface area contributed by atoms with E-state index in [1.165, 1.54) is 12.1 Å². The highest BCUT2D eigenvalue weighted by Crippen LogP contribution is 2.31. The molecule has 0 bridgehead atoms. The van der Waals surface area contributed by atoms with Crippen molar-refractivity contribution in [1.82, 2.24) is 4.57 Å². The van der Waals surface area contributed by atoms with Crippen LogP contribution in [0.5, 0.6) is 0 Å². The Kier molecular flexibility index (Phi) is 4.27. The second-order valence-corrected chi connectivity index (χ2v) is 7.15. The molecule has 6 heteroatoms. The molecule has 0 radical (unpaired) electrons. The number of non-ortho nitro benzene ring substituents is 1. The van der Waals surface area contributed by atoms with Crippen molar-refractivity contribution >= 4 is 23.3 Å². The van der Waals surface area contributed by atoms with Crippen molar-refractivity contribution in [2.75, 3.05) is 0 Å². The van der Waals surface area contributed by atoms with E-state index in [0.29, 0.717) is 16.8 Å². The van der Waals surface area contributed by atoms with Crippen molar-refractivity contribution < 1.29 is 14.5 Å². The molecule has 1 aliphatic rings. The van der Waals surface area contributed by atoms with Crippen LogP contribution in [0.2, 0.25) is 0 Å². The molecule has 2 aromatic carbocycles. The summed E-state index contributed by atoms with van der Waals surface area (Å²) in [6, 6.07) is 13.4. The van der Waals surface area contributed by atoms with Gasteiger partial charge in [0.15, 0.2) is 11.6 Å². The number of hydrogen-bond acceptors (Lipinski definition) is 4. The van der Waals surface area contributed by atoms with Crippen molar-refractivity contribution in [2.45, 2.75) is 20.8 Å². The predicted molar refractivity (Wildman–Crippen MR) is 110 cm³/mol. The van der Waals surface area contributed by atoms with Gasteiger partial charge in [-0.2, -0.15) is 0 Å². The first-order valence-electron chi connectivity index (χ1n) is 9.14. The summed E-state index contributed by atoms with van der Waals surface area (Å²) in [7, 11) is 0. The lowest BCUT2D eigenvalue weighted by molar-refractivity contribution is -0.384. The summed E-state index contributed by atoms with van der Waals surface area (Å²) in [6.45, 7) is 5.64. The number of aromatic nitrogens is 1. The van der Waals surface area contributed by atoms with E-state index in [9.17, 15) is 19.7 Å². The number of fused-ring (bicyclic) bond motifs is 1. The van der Waals surface area contributed by atoms with E-state index in [4.69, 9.17) is 0 Å². The lowest BCUT2D eigenvalue weighted by Gasteiger charge is -2.12. The quantitative estimate of drug-likeness (QED) is 0.281. The molecule has 0 aliphatic heterocycles. The van der Waals surface area contributed by atoms with Gasteiger partial charge >= 0.3 is 0 Å². The lowest BCUT2D eigenvalue weighted by atomic mass is 10.1. The molecule has 144 valence electrons. The van der Waals surface area contributed by atoms with Crippen LogP contribution in [0, 0.1) is 30.9 Å². The largest absolute Gasteiger partial charge is 0.317 e. The topological polar surface area (TPSA) is 82.2 Å². The standard InChI is InChI=1S/C23H18N2O4/c1-13-8-9-17(25(28)29)12-21(13)24-14(2)10-16(15(24)3)11-20-22(26)18-6-4-5-7-19(18)23(20)27/h4-12H,1-3H3. The van der Waals surface area contributed by atoms with Crippen LogP contribution in [0.25, 0.3) is 11.8 Å².